The highest BCUT2D eigenvalue weighted by Gasteiger charge is 2.24. The van der Waals surface area contributed by atoms with Gasteiger partial charge in [-0.05, 0) is 12.5 Å². The van der Waals surface area contributed by atoms with Crippen molar-refractivity contribution in [3.8, 4) is 0 Å². The molecule has 0 aliphatic carbocycles. The molecule has 0 saturated heterocycles. The smallest absolute Gasteiger partial charge is 0.328 e. The van der Waals surface area contributed by atoms with Gasteiger partial charge in [0.25, 0.3) is 5.69 Å². The third-order valence-electron chi connectivity index (χ3n) is 2.61. The number of carbonyl (C=O) groups excluding carboxylic acids is 1. The van der Waals surface area contributed by atoms with Gasteiger partial charge in [0.05, 0.1) is 11.0 Å². The van der Waals surface area contributed by atoms with Crippen LogP contribution in [0.1, 0.15) is 12.5 Å². The van der Waals surface area contributed by atoms with Gasteiger partial charge in [-0.25, -0.2) is 9.59 Å². The number of amides is 2. The van der Waals surface area contributed by atoms with Gasteiger partial charge in [-0.3, -0.25) is 10.1 Å². The van der Waals surface area contributed by atoms with Crippen molar-refractivity contribution in [2.45, 2.75) is 25.6 Å². The predicted octanol–water partition coefficient (Wildman–Crippen LogP) is 0.228. The lowest BCUT2D eigenvalue weighted by Gasteiger charge is -2.17. The molecule has 0 fully saturated rings. The fourth-order valence-corrected chi connectivity index (χ4v) is 1.54. The number of non-ortho nitro benzene ring substituents is 1. The number of carboxylic acid groups (broad SMARTS) is 1. The van der Waals surface area contributed by atoms with Gasteiger partial charge in [0.1, 0.15) is 0 Å². The van der Waals surface area contributed by atoms with Crippen LogP contribution in [-0.4, -0.2) is 39.3 Å². The lowest BCUT2D eigenvalue weighted by Crippen LogP contribution is -2.50. The second kappa shape index (κ2) is 7.20. The monoisotopic (exact) mass is 297 g/mol. The molecule has 2 atom stereocenters. The second-order valence-electron chi connectivity index (χ2n) is 4.31. The molecule has 0 spiro atoms. The van der Waals surface area contributed by atoms with Crippen molar-refractivity contribution in [1.29, 1.82) is 0 Å². The molecule has 0 bridgehead atoms. The molecule has 21 heavy (non-hydrogen) atoms. The van der Waals surface area contributed by atoms with Gasteiger partial charge in [-0.2, -0.15) is 0 Å². The number of nitro groups is 1. The summed E-state index contributed by atoms with van der Waals surface area (Å²) in [5.41, 5.74) is 0.380. The summed E-state index contributed by atoms with van der Waals surface area (Å²) in [4.78, 5) is 32.4. The van der Waals surface area contributed by atoms with E-state index in [1.807, 2.05) is 0 Å². The summed E-state index contributed by atoms with van der Waals surface area (Å²) in [6.45, 7) is 1.22. The van der Waals surface area contributed by atoms with Crippen LogP contribution in [0.25, 0.3) is 0 Å². The number of aliphatic hydroxyl groups is 1. The van der Waals surface area contributed by atoms with Crippen LogP contribution in [0, 0.1) is 10.1 Å². The predicted molar refractivity (Wildman–Crippen MR) is 71.6 cm³/mol. The number of urea groups is 1. The molecule has 4 N–H and O–H groups in total. The minimum atomic E-state index is -1.44. The molecule has 1 rings (SSSR count). The van der Waals surface area contributed by atoms with E-state index in [0.717, 1.165) is 0 Å². The van der Waals surface area contributed by atoms with Gasteiger partial charge >= 0.3 is 12.0 Å². The molecule has 0 heterocycles. The number of carboxylic acids is 1. The number of aliphatic carboxylic acids is 1. The lowest BCUT2D eigenvalue weighted by molar-refractivity contribution is -0.384. The molecule has 1 aromatic carbocycles. The van der Waals surface area contributed by atoms with E-state index < -0.39 is 29.1 Å². The van der Waals surface area contributed by atoms with E-state index in [9.17, 15) is 24.8 Å². The zero-order valence-electron chi connectivity index (χ0n) is 11.1. The van der Waals surface area contributed by atoms with Gasteiger partial charge < -0.3 is 20.8 Å². The summed E-state index contributed by atoms with van der Waals surface area (Å²) >= 11 is 0. The normalized spacial score (nSPS) is 13.0. The molecule has 114 valence electrons. The van der Waals surface area contributed by atoms with Crippen molar-refractivity contribution in [1.82, 2.24) is 10.6 Å². The number of benzene rings is 1. The maximum absolute atomic E-state index is 11.5. The number of rotatable bonds is 6. The average molecular weight is 297 g/mol. The molecule has 0 saturated carbocycles. The first-order valence-electron chi connectivity index (χ1n) is 6.00. The van der Waals surface area contributed by atoms with Crippen LogP contribution in [0.15, 0.2) is 24.3 Å². The van der Waals surface area contributed by atoms with E-state index in [2.05, 4.69) is 10.6 Å². The molecule has 0 aliphatic heterocycles. The van der Waals surface area contributed by atoms with E-state index in [0.29, 0.717) is 5.56 Å². The van der Waals surface area contributed by atoms with E-state index >= 15 is 0 Å². The van der Waals surface area contributed by atoms with Gasteiger partial charge in [-0.1, -0.05) is 12.1 Å². The third kappa shape index (κ3) is 5.07. The number of aliphatic hydroxyl groups excluding tert-OH is 1. The van der Waals surface area contributed by atoms with Crippen LogP contribution in [0.4, 0.5) is 10.5 Å². The van der Waals surface area contributed by atoms with Crippen molar-refractivity contribution in [3.63, 3.8) is 0 Å². The first-order valence-corrected chi connectivity index (χ1v) is 6.00. The van der Waals surface area contributed by atoms with Gasteiger partial charge in [0.15, 0.2) is 6.04 Å². The maximum atomic E-state index is 11.5. The van der Waals surface area contributed by atoms with Crippen LogP contribution < -0.4 is 10.6 Å². The van der Waals surface area contributed by atoms with Crippen LogP contribution in [0.3, 0.4) is 0 Å². The van der Waals surface area contributed by atoms with Crippen LogP contribution in [0.5, 0.6) is 0 Å². The highest BCUT2D eigenvalue weighted by atomic mass is 16.6. The number of carbonyl (C=O) groups is 2. The summed E-state index contributed by atoms with van der Waals surface area (Å²) in [6.07, 6.45) is -1.26. The summed E-state index contributed by atoms with van der Waals surface area (Å²) in [5.74, 6) is -1.37. The second-order valence-corrected chi connectivity index (χ2v) is 4.31. The number of nitro benzene ring substituents is 1. The van der Waals surface area contributed by atoms with Crippen LogP contribution >= 0.6 is 0 Å². The zero-order chi connectivity index (χ0) is 16.0. The zero-order valence-corrected chi connectivity index (χ0v) is 11.1. The number of hydrogen-bond donors (Lipinski definition) is 4. The molecular weight excluding hydrogens is 282 g/mol. The number of nitrogens with one attached hydrogen (secondary N) is 2. The van der Waals surface area contributed by atoms with Crippen molar-refractivity contribution in [2.24, 2.45) is 0 Å². The van der Waals surface area contributed by atoms with Crippen molar-refractivity contribution >= 4 is 17.7 Å². The first kappa shape index (κ1) is 16.4. The lowest BCUT2D eigenvalue weighted by atomic mass is 10.2. The molecule has 0 aliphatic rings. The van der Waals surface area contributed by atoms with E-state index in [4.69, 9.17) is 5.11 Å². The standard InChI is InChI=1S/C12H15N3O6/c1-7(16)10(11(17)18)14-12(19)13-6-8-3-2-4-9(5-8)15(20)21/h2-5,7,10,16H,6H2,1H3,(H,17,18)(H2,13,14,19). The van der Waals surface area contributed by atoms with Gasteiger partial charge in [0.2, 0.25) is 0 Å². The number of hydrogen-bond acceptors (Lipinski definition) is 5. The van der Waals surface area contributed by atoms with E-state index in [1.165, 1.54) is 25.1 Å². The fourth-order valence-electron chi connectivity index (χ4n) is 1.54. The molecular formula is C12H15N3O6. The first-order chi connectivity index (χ1) is 9.81. The molecule has 9 heteroatoms. The Balaban J connectivity index is 2.58. The van der Waals surface area contributed by atoms with E-state index in [-0.39, 0.29) is 12.2 Å². The SMILES string of the molecule is CC(O)C(NC(=O)NCc1cccc([N+](=O)[O-])c1)C(=O)O. The van der Waals surface area contributed by atoms with Crippen LogP contribution in [0.2, 0.25) is 0 Å². The Morgan fingerprint density at radius 2 is 2.10 bits per heavy atom. The summed E-state index contributed by atoms with van der Waals surface area (Å²) in [6, 6.07) is 3.44. The largest absolute Gasteiger partial charge is 0.480 e. The highest BCUT2D eigenvalue weighted by molar-refractivity contribution is 5.82. The Kier molecular flexibility index (Phi) is 5.61. The third-order valence-corrected chi connectivity index (χ3v) is 2.61. The van der Waals surface area contributed by atoms with Crippen molar-refractivity contribution < 1.29 is 24.7 Å². The Morgan fingerprint density at radius 1 is 1.43 bits per heavy atom. The maximum Gasteiger partial charge on any atom is 0.328 e. The summed E-state index contributed by atoms with van der Waals surface area (Å²) in [7, 11) is 0. The summed E-state index contributed by atoms with van der Waals surface area (Å²) in [5, 5.41) is 33.1. The molecule has 2 unspecified atom stereocenters. The molecule has 1 aromatic rings. The molecule has 2 amide bonds. The highest BCUT2D eigenvalue weighted by Crippen LogP contribution is 2.12. The molecule has 0 aromatic heterocycles. The minimum absolute atomic E-state index is 0.0142. The average Bonchev–Trinajstić information content (AvgIpc) is 2.42. The van der Waals surface area contributed by atoms with E-state index in [1.54, 1.807) is 6.07 Å². The van der Waals surface area contributed by atoms with Crippen molar-refractivity contribution in [2.75, 3.05) is 0 Å². The number of nitrogens with zero attached hydrogens (tertiary/aromatic N) is 1. The molecule has 0 radical (unpaired) electrons. The van der Waals surface area contributed by atoms with Gasteiger partial charge in [0, 0.05) is 18.7 Å². The fraction of sp³-hybridized carbons (Fsp3) is 0.333. The Hall–Kier alpha value is -2.68. The Bertz CT molecular complexity index is 546. The Labute approximate surface area is 119 Å². The minimum Gasteiger partial charge on any atom is -0.480 e. The van der Waals surface area contributed by atoms with Gasteiger partial charge in [-0.15, -0.1) is 0 Å². The quantitative estimate of drug-likeness (QED) is 0.437. The van der Waals surface area contributed by atoms with Crippen molar-refractivity contribution in [3.05, 3.63) is 39.9 Å². The Morgan fingerprint density at radius 3 is 2.62 bits per heavy atom. The summed E-state index contributed by atoms with van der Waals surface area (Å²) < 4.78 is 0. The topological polar surface area (TPSA) is 142 Å². The van der Waals surface area contributed by atoms with Crippen LogP contribution in [-0.2, 0) is 11.3 Å². The molecule has 9 nitrogen and oxygen atoms in total.